The molecule has 6 heteroatoms. The van der Waals surface area contributed by atoms with Crippen LogP contribution < -0.4 is 10.6 Å². The normalized spacial score (nSPS) is 14.5. The van der Waals surface area contributed by atoms with E-state index in [1.54, 1.807) is 18.3 Å². The van der Waals surface area contributed by atoms with Crippen molar-refractivity contribution in [1.82, 2.24) is 9.88 Å². The summed E-state index contributed by atoms with van der Waals surface area (Å²) >= 11 is 0. The molecule has 31 heavy (non-hydrogen) atoms. The largest absolute Gasteiger partial charge is 0.390 e. The molecule has 3 aromatic rings. The van der Waals surface area contributed by atoms with Crippen LogP contribution in [0.3, 0.4) is 0 Å². The van der Waals surface area contributed by atoms with Crippen molar-refractivity contribution in [3.05, 3.63) is 89.1 Å². The van der Waals surface area contributed by atoms with E-state index in [9.17, 15) is 9.90 Å². The van der Waals surface area contributed by atoms with E-state index in [2.05, 4.69) is 44.8 Å². The summed E-state index contributed by atoms with van der Waals surface area (Å²) in [4.78, 5) is 19.0. The van der Waals surface area contributed by atoms with E-state index in [-0.39, 0.29) is 5.91 Å². The first kappa shape index (κ1) is 21.0. The Balaban J connectivity index is 1.24. The molecule has 3 N–H and O–H groups in total. The van der Waals surface area contributed by atoms with E-state index in [0.29, 0.717) is 24.5 Å². The van der Waals surface area contributed by atoms with Gasteiger partial charge in [0.05, 0.1) is 11.7 Å². The maximum Gasteiger partial charge on any atom is 0.257 e. The number of hydrogen-bond donors (Lipinski definition) is 3. The molecule has 0 saturated carbocycles. The van der Waals surface area contributed by atoms with Crippen molar-refractivity contribution >= 4 is 17.4 Å². The van der Waals surface area contributed by atoms with E-state index in [1.807, 2.05) is 31.2 Å². The van der Waals surface area contributed by atoms with Crippen LogP contribution in [-0.2, 0) is 13.0 Å². The summed E-state index contributed by atoms with van der Waals surface area (Å²) in [5, 5.41) is 16.5. The number of aryl methyl sites for hydroxylation is 1. The molecule has 6 nitrogen and oxygen atoms in total. The second-order valence-electron chi connectivity index (χ2n) is 8.04. The lowest BCUT2D eigenvalue weighted by atomic mass is 10.00. The maximum absolute atomic E-state index is 12.4. The van der Waals surface area contributed by atoms with Gasteiger partial charge < -0.3 is 15.7 Å². The second-order valence-corrected chi connectivity index (χ2v) is 8.04. The molecular formula is C25H28N4O2. The van der Waals surface area contributed by atoms with Crippen molar-refractivity contribution in [1.29, 1.82) is 0 Å². The van der Waals surface area contributed by atoms with Crippen molar-refractivity contribution in [3.8, 4) is 0 Å². The number of benzene rings is 2. The van der Waals surface area contributed by atoms with Crippen LogP contribution in [0.4, 0.5) is 11.5 Å². The summed E-state index contributed by atoms with van der Waals surface area (Å²) in [7, 11) is 0. The van der Waals surface area contributed by atoms with Crippen LogP contribution in [0.1, 0.15) is 27.0 Å². The topological polar surface area (TPSA) is 77.5 Å². The van der Waals surface area contributed by atoms with Gasteiger partial charge >= 0.3 is 0 Å². The minimum Gasteiger partial charge on any atom is -0.390 e. The minimum absolute atomic E-state index is 0.201. The number of aromatic nitrogens is 1. The third-order valence-corrected chi connectivity index (χ3v) is 5.53. The van der Waals surface area contributed by atoms with Gasteiger partial charge in [0.2, 0.25) is 0 Å². The predicted molar refractivity (Wildman–Crippen MR) is 123 cm³/mol. The summed E-state index contributed by atoms with van der Waals surface area (Å²) < 4.78 is 0. The van der Waals surface area contributed by atoms with Crippen molar-refractivity contribution in [2.24, 2.45) is 0 Å². The molecule has 160 valence electrons. The number of nitrogens with one attached hydrogen (secondary N) is 2. The lowest BCUT2D eigenvalue weighted by Gasteiger charge is -2.30. The number of carbonyl (C=O) groups excluding carboxylic acids is 1. The van der Waals surface area contributed by atoms with Gasteiger partial charge in [-0.05, 0) is 48.7 Å². The minimum atomic E-state index is -0.503. The number of nitrogens with zero attached hydrogens (tertiary/aromatic N) is 2. The van der Waals surface area contributed by atoms with Gasteiger partial charge in [-0.25, -0.2) is 4.98 Å². The summed E-state index contributed by atoms with van der Waals surface area (Å²) in [6.07, 6.45) is 2.06. The molecule has 0 aliphatic carbocycles. The fourth-order valence-corrected chi connectivity index (χ4v) is 3.77. The maximum atomic E-state index is 12.4. The summed E-state index contributed by atoms with van der Waals surface area (Å²) in [5.74, 6) is 0.434. The molecule has 2 aromatic carbocycles. The number of hydrogen-bond acceptors (Lipinski definition) is 5. The number of anilines is 2. The molecule has 0 fully saturated rings. The highest BCUT2D eigenvalue weighted by Gasteiger charge is 2.18. The Hall–Kier alpha value is -3.22. The fraction of sp³-hybridized carbons (Fsp3) is 0.280. The summed E-state index contributed by atoms with van der Waals surface area (Å²) in [6.45, 7) is 4.84. The van der Waals surface area contributed by atoms with Crippen LogP contribution >= 0.6 is 0 Å². The third-order valence-electron chi connectivity index (χ3n) is 5.53. The molecule has 0 bridgehead atoms. The van der Waals surface area contributed by atoms with Crippen LogP contribution in [-0.4, -0.2) is 46.6 Å². The molecular weight excluding hydrogens is 388 g/mol. The monoisotopic (exact) mass is 416 g/mol. The quantitative estimate of drug-likeness (QED) is 0.550. The number of amides is 1. The van der Waals surface area contributed by atoms with Crippen LogP contribution in [0.5, 0.6) is 0 Å². The standard InChI is InChI=1S/C25H28N4O2/c1-18-6-9-22(10-7-18)28-25(31)20-8-11-24(26-14-20)27-15-23(30)17-29-13-12-19-4-2-3-5-21(19)16-29/h2-11,14,23,30H,12-13,15-17H2,1H3,(H,26,27)(H,28,31). The molecule has 1 atom stereocenters. The molecule has 1 aliphatic rings. The van der Waals surface area contributed by atoms with Crippen molar-refractivity contribution in [3.63, 3.8) is 0 Å². The highest BCUT2D eigenvalue weighted by molar-refractivity contribution is 6.04. The number of pyridine rings is 1. The molecule has 0 radical (unpaired) electrons. The number of β-amino-alcohol motifs (C(OH)–C–C–N with tert-alkyl or cyclic N) is 1. The van der Waals surface area contributed by atoms with E-state index >= 15 is 0 Å². The van der Waals surface area contributed by atoms with Gasteiger partial charge in [-0.15, -0.1) is 0 Å². The van der Waals surface area contributed by atoms with Crippen LogP contribution in [0.15, 0.2) is 66.9 Å². The highest BCUT2D eigenvalue weighted by Crippen LogP contribution is 2.18. The Morgan fingerprint density at radius 2 is 1.87 bits per heavy atom. The van der Waals surface area contributed by atoms with E-state index in [1.165, 1.54) is 11.1 Å². The number of rotatable bonds is 7. The zero-order valence-electron chi connectivity index (χ0n) is 17.7. The average Bonchev–Trinajstić information content (AvgIpc) is 2.79. The Labute approximate surface area is 182 Å². The second kappa shape index (κ2) is 9.73. The Bertz CT molecular complexity index is 1020. The first-order chi connectivity index (χ1) is 15.1. The van der Waals surface area contributed by atoms with Crippen LogP contribution in [0, 0.1) is 6.92 Å². The predicted octanol–water partition coefficient (Wildman–Crippen LogP) is 3.47. The molecule has 2 heterocycles. The van der Waals surface area contributed by atoms with Crippen LogP contribution in [0.25, 0.3) is 0 Å². The molecule has 1 amide bonds. The lowest BCUT2D eigenvalue weighted by molar-refractivity contribution is 0.102. The molecule has 0 saturated heterocycles. The molecule has 0 spiro atoms. The zero-order valence-corrected chi connectivity index (χ0v) is 17.7. The van der Waals surface area contributed by atoms with E-state index in [4.69, 9.17) is 0 Å². The van der Waals surface area contributed by atoms with Crippen molar-refractivity contribution < 1.29 is 9.90 Å². The fourth-order valence-electron chi connectivity index (χ4n) is 3.77. The van der Waals surface area contributed by atoms with Crippen molar-refractivity contribution in [2.75, 3.05) is 30.3 Å². The van der Waals surface area contributed by atoms with Gasteiger partial charge in [-0.3, -0.25) is 9.69 Å². The first-order valence-corrected chi connectivity index (χ1v) is 10.6. The van der Waals surface area contributed by atoms with Crippen LogP contribution in [0.2, 0.25) is 0 Å². The van der Waals surface area contributed by atoms with Gasteiger partial charge in [0.15, 0.2) is 0 Å². The number of fused-ring (bicyclic) bond motifs is 1. The average molecular weight is 417 g/mol. The number of aliphatic hydroxyl groups excluding tert-OH is 1. The molecule has 1 aliphatic heterocycles. The van der Waals surface area contributed by atoms with Gasteiger partial charge in [0.25, 0.3) is 5.91 Å². The Morgan fingerprint density at radius 1 is 1.10 bits per heavy atom. The molecule has 1 aromatic heterocycles. The Kier molecular flexibility index (Phi) is 6.60. The van der Waals surface area contributed by atoms with Gasteiger partial charge in [-0.1, -0.05) is 42.0 Å². The zero-order chi connectivity index (χ0) is 21.6. The van der Waals surface area contributed by atoms with Gasteiger partial charge in [0, 0.05) is 38.1 Å². The van der Waals surface area contributed by atoms with Crippen molar-refractivity contribution in [2.45, 2.75) is 26.0 Å². The van der Waals surface area contributed by atoms with E-state index < -0.39 is 6.10 Å². The molecule has 4 rings (SSSR count). The Morgan fingerprint density at radius 3 is 2.61 bits per heavy atom. The van der Waals surface area contributed by atoms with Gasteiger partial charge in [0.1, 0.15) is 5.82 Å². The SMILES string of the molecule is Cc1ccc(NC(=O)c2ccc(NCC(O)CN3CCc4ccccc4C3)nc2)cc1. The highest BCUT2D eigenvalue weighted by atomic mass is 16.3. The number of carbonyl (C=O) groups is 1. The number of aliphatic hydroxyl groups is 1. The molecule has 1 unspecified atom stereocenters. The summed E-state index contributed by atoms with van der Waals surface area (Å²) in [6, 6.07) is 19.6. The third kappa shape index (κ3) is 5.69. The summed E-state index contributed by atoms with van der Waals surface area (Å²) in [5.41, 5.74) is 5.12. The van der Waals surface area contributed by atoms with Gasteiger partial charge in [-0.2, -0.15) is 0 Å². The van der Waals surface area contributed by atoms with E-state index in [0.717, 1.165) is 30.8 Å². The lowest BCUT2D eigenvalue weighted by Crippen LogP contribution is -2.39. The smallest absolute Gasteiger partial charge is 0.257 e. The first-order valence-electron chi connectivity index (χ1n) is 10.6.